The SMILES string of the molecule is COc1ccc(S(=O)(=O)Nc2ccc(F)c(N)c2)cc1Br. The molecule has 21 heavy (non-hydrogen) atoms. The third-order valence-electron chi connectivity index (χ3n) is 2.68. The lowest BCUT2D eigenvalue weighted by Crippen LogP contribution is -2.13. The molecular weight excluding hydrogens is 363 g/mol. The van der Waals surface area contributed by atoms with Gasteiger partial charge in [0.2, 0.25) is 0 Å². The predicted molar refractivity (Wildman–Crippen MR) is 82.3 cm³/mol. The second-order valence-electron chi connectivity index (χ2n) is 4.14. The minimum atomic E-state index is -3.80. The van der Waals surface area contributed by atoms with Gasteiger partial charge in [0.25, 0.3) is 10.0 Å². The van der Waals surface area contributed by atoms with Gasteiger partial charge in [0, 0.05) is 0 Å². The number of nitrogen functional groups attached to an aromatic ring is 1. The van der Waals surface area contributed by atoms with Crippen LogP contribution in [0.25, 0.3) is 0 Å². The van der Waals surface area contributed by atoms with E-state index in [0.29, 0.717) is 10.2 Å². The molecule has 2 aromatic rings. The predicted octanol–water partition coefficient (Wildman–Crippen LogP) is 2.98. The molecule has 0 fully saturated rings. The molecule has 0 atom stereocenters. The van der Waals surface area contributed by atoms with E-state index in [2.05, 4.69) is 20.7 Å². The van der Waals surface area contributed by atoms with Gasteiger partial charge in [-0.1, -0.05) is 0 Å². The van der Waals surface area contributed by atoms with Crippen molar-refractivity contribution in [2.24, 2.45) is 0 Å². The molecule has 2 aromatic carbocycles. The highest BCUT2D eigenvalue weighted by Crippen LogP contribution is 2.28. The first-order valence-corrected chi connectivity index (χ1v) is 8.02. The van der Waals surface area contributed by atoms with Crippen molar-refractivity contribution in [3.63, 3.8) is 0 Å². The molecule has 0 amide bonds. The van der Waals surface area contributed by atoms with Gasteiger partial charge in [0.1, 0.15) is 11.6 Å². The smallest absolute Gasteiger partial charge is 0.261 e. The monoisotopic (exact) mass is 374 g/mol. The Balaban J connectivity index is 2.33. The molecule has 8 heteroatoms. The number of anilines is 2. The van der Waals surface area contributed by atoms with Crippen LogP contribution >= 0.6 is 15.9 Å². The Morgan fingerprint density at radius 3 is 2.52 bits per heavy atom. The summed E-state index contributed by atoms with van der Waals surface area (Å²) in [6.45, 7) is 0. The summed E-state index contributed by atoms with van der Waals surface area (Å²) in [5.41, 5.74) is 5.45. The number of nitrogens with one attached hydrogen (secondary N) is 1. The zero-order chi connectivity index (χ0) is 15.6. The first kappa shape index (κ1) is 15.6. The van der Waals surface area contributed by atoms with Gasteiger partial charge >= 0.3 is 0 Å². The number of sulfonamides is 1. The zero-order valence-electron chi connectivity index (χ0n) is 10.9. The van der Waals surface area contributed by atoms with Crippen molar-refractivity contribution in [2.75, 3.05) is 17.6 Å². The van der Waals surface area contributed by atoms with E-state index in [4.69, 9.17) is 10.5 Å². The van der Waals surface area contributed by atoms with E-state index in [-0.39, 0.29) is 16.3 Å². The molecule has 0 bridgehead atoms. The minimum Gasteiger partial charge on any atom is -0.496 e. The Bertz CT molecular complexity index is 781. The van der Waals surface area contributed by atoms with E-state index < -0.39 is 15.8 Å². The maximum atomic E-state index is 13.1. The molecule has 5 nitrogen and oxygen atoms in total. The second kappa shape index (κ2) is 5.90. The van der Waals surface area contributed by atoms with Gasteiger partial charge in [0.15, 0.2) is 0 Å². The fraction of sp³-hybridized carbons (Fsp3) is 0.0769. The summed E-state index contributed by atoms with van der Waals surface area (Å²) in [4.78, 5) is 0.0399. The number of benzene rings is 2. The molecule has 0 spiro atoms. The Labute approximate surface area is 130 Å². The lowest BCUT2D eigenvalue weighted by atomic mass is 10.3. The lowest BCUT2D eigenvalue weighted by molar-refractivity contribution is 0.411. The van der Waals surface area contributed by atoms with E-state index >= 15 is 0 Å². The summed E-state index contributed by atoms with van der Waals surface area (Å²) in [5.74, 6) is -0.0925. The third-order valence-corrected chi connectivity index (χ3v) is 4.68. The molecule has 3 N–H and O–H groups in total. The van der Waals surface area contributed by atoms with Crippen LogP contribution in [0.3, 0.4) is 0 Å². The van der Waals surface area contributed by atoms with Crippen molar-refractivity contribution >= 4 is 37.3 Å². The molecule has 0 saturated carbocycles. The summed E-state index contributed by atoms with van der Waals surface area (Å²) in [7, 11) is -2.32. The normalized spacial score (nSPS) is 11.2. The Hall–Kier alpha value is -1.80. The minimum absolute atomic E-state index is 0.0399. The summed E-state index contributed by atoms with van der Waals surface area (Å²) in [5, 5.41) is 0. The molecule has 0 unspecified atom stereocenters. The van der Waals surface area contributed by atoms with E-state index in [1.54, 1.807) is 0 Å². The molecule has 0 saturated heterocycles. The maximum Gasteiger partial charge on any atom is 0.261 e. The molecule has 112 valence electrons. The molecule has 0 heterocycles. The van der Waals surface area contributed by atoms with Crippen LogP contribution in [0, 0.1) is 5.82 Å². The number of halogens is 2. The van der Waals surface area contributed by atoms with Crippen LogP contribution in [-0.2, 0) is 10.0 Å². The molecule has 2 rings (SSSR count). The highest BCUT2D eigenvalue weighted by Gasteiger charge is 2.16. The molecular formula is C13H12BrFN2O3S. The number of hydrogen-bond donors (Lipinski definition) is 2. The van der Waals surface area contributed by atoms with Crippen LogP contribution < -0.4 is 15.2 Å². The fourth-order valence-corrected chi connectivity index (χ4v) is 3.40. The molecule has 0 aliphatic rings. The lowest BCUT2D eigenvalue weighted by Gasteiger charge is -2.10. The average molecular weight is 375 g/mol. The van der Waals surface area contributed by atoms with Crippen molar-refractivity contribution in [2.45, 2.75) is 4.90 Å². The van der Waals surface area contributed by atoms with Crippen LogP contribution in [0.5, 0.6) is 5.75 Å². The molecule has 0 aromatic heterocycles. The third kappa shape index (κ3) is 3.45. The molecule has 0 radical (unpaired) electrons. The first-order valence-electron chi connectivity index (χ1n) is 5.75. The standard InChI is InChI=1S/C13H12BrFN2O3S/c1-20-13-5-3-9(7-10(13)14)21(18,19)17-8-2-4-11(15)12(16)6-8/h2-7,17H,16H2,1H3. The van der Waals surface area contributed by atoms with E-state index in [1.165, 1.54) is 37.4 Å². The van der Waals surface area contributed by atoms with Crippen molar-refractivity contribution < 1.29 is 17.5 Å². The van der Waals surface area contributed by atoms with E-state index in [1.807, 2.05) is 0 Å². The number of ether oxygens (including phenoxy) is 1. The van der Waals surface area contributed by atoms with Crippen molar-refractivity contribution in [1.29, 1.82) is 0 Å². The van der Waals surface area contributed by atoms with Crippen LogP contribution in [0.1, 0.15) is 0 Å². The second-order valence-corrected chi connectivity index (χ2v) is 6.67. The van der Waals surface area contributed by atoms with Crippen molar-refractivity contribution in [3.8, 4) is 5.75 Å². The number of methoxy groups -OCH3 is 1. The van der Waals surface area contributed by atoms with Crippen LogP contribution in [0.2, 0.25) is 0 Å². The summed E-state index contributed by atoms with van der Waals surface area (Å²) >= 11 is 3.22. The Morgan fingerprint density at radius 2 is 1.95 bits per heavy atom. The van der Waals surface area contributed by atoms with Gasteiger partial charge in [-0.25, -0.2) is 12.8 Å². The topological polar surface area (TPSA) is 81.4 Å². The summed E-state index contributed by atoms with van der Waals surface area (Å²) < 4.78 is 45.4. The van der Waals surface area contributed by atoms with Crippen LogP contribution in [0.4, 0.5) is 15.8 Å². The highest BCUT2D eigenvalue weighted by molar-refractivity contribution is 9.10. The quantitative estimate of drug-likeness (QED) is 0.806. The average Bonchev–Trinajstić information content (AvgIpc) is 2.42. The van der Waals surface area contributed by atoms with Gasteiger partial charge in [0.05, 0.1) is 27.9 Å². The van der Waals surface area contributed by atoms with Crippen molar-refractivity contribution in [1.82, 2.24) is 0 Å². The van der Waals surface area contributed by atoms with Gasteiger partial charge < -0.3 is 10.5 Å². The molecule has 0 aliphatic carbocycles. The number of rotatable bonds is 4. The first-order chi connectivity index (χ1) is 9.83. The van der Waals surface area contributed by atoms with Gasteiger partial charge in [-0.3, -0.25) is 4.72 Å². The van der Waals surface area contributed by atoms with Gasteiger partial charge in [-0.05, 0) is 52.3 Å². The number of hydrogen-bond acceptors (Lipinski definition) is 4. The van der Waals surface area contributed by atoms with Crippen molar-refractivity contribution in [3.05, 3.63) is 46.7 Å². The summed E-state index contributed by atoms with van der Waals surface area (Å²) in [6, 6.07) is 7.94. The van der Waals surface area contributed by atoms with Gasteiger partial charge in [-0.2, -0.15) is 0 Å². The van der Waals surface area contributed by atoms with Crippen LogP contribution in [-0.4, -0.2) is 15.5 Å². The fourth-order valence-electron chi connectivity index (χ4n) is 1.64. The Morgan fingerprint density at radius 1 is 1.24 bits per heavy atom. The Kier molecular flexibility index (Phi) is 4.38. The van der Waals surface area contributed by atoms with Gasteiger partial charge in [-0.15, -0.1) is 0 Å². The summed E-state index contributed by atoms with van der Waals surface area (Å²) in [6.07, 6.45) is 0. The number of nitrogens with two attached hydrogens (primary N) is 1. The largest absolute Gasteiger partial charge is 0.496 e. The van der Waals surface area contributed by atoms with Crippen LogP contribution in [0.15, 0.2) is 45.8 Å². The van der Waals surface area contributed by atoms with E-state index in [9.17, 15) is 12.8 Å². The maximum absolute atomic E-state index is 13.1. The van der Waals surface area contributed by atoms with E-state index in [0.717, 1.165) is 6.07 Å². The highest BCUT2D eigenvalue weighted by atomic mass is 79.9. The zero-order valence-corrected chi connectivity index (χ0v) is 13.3. The molecule has 0 aliphatic heterocycles.